The molecule has 0 spiro atoms. The molecule has 0 heterocycles. The second-order valence-corrected chi connectivity index (χ2v) is 3.65. The molecule has 0 aromatic carbocycles. The van der Waals surface area contributed by atoms with E-state index in [1.54, 1.807) is 7.11 Å². The van der Waals surface area contributed by atoms with Crippen molar-refractivity contribution in [3.05, 3.63) is 0 Å². The van der Waals surface area contributed by atoms with Crippen LogP contribution in [0.5, 0.6) is 0 Å². The van der Waals surface area contributed by atoms with Crippen LogP contribution in [0.25, 0.3) is 0 Å². The Morgan fingerprint density at radius 1 is 1.67 bits per heavy atom. The molecule has 0 fully saturated rings. The first-order valence-electron chi connectivity index (χ1n) is 3.02. The Kier molecular flexibility index (Phi) is 7.16. The molecule has 0 N–H and O–H groups in total. The molecule has 1 nitrogen and oxygen atoms in total. The summed E-state index contributed by atoms with van der Waals surface area (Å²) in [5.74, 6) is 2.12. The minimum atomic E-state index is 0.181. The molecule has 0 bridgehead atoms. The third-order valence-corrected chi connectivity index (χ3v) is 2.36. The molecule has 1 unspecified atom stereocenters. The molecule has 0 saturated carbocycles. The smallest absolute Gasteiger partial charge is 0.0659 e. The van der Waals surface area contributed by atoms with Crippen molar-refractivity contribution in [3.63, 3.8) is 0 Å². The summed E-state index contributed by atoms with van der Waals surface area (Å²) >= 11 is 7.66. The minimum absolute atomic E-state index is 0.181. The Balaban J connectivity index is 2.95. The summed E-state index contributed by atoms with van der Waals surface area (Å²) in [6, 6.07) is 0. The molecule has 0 amide bonds. The first-order valence-corrected chi connectivity index (χ1v) is 4.61. The molecule has 0 aliphatic heterocycles. The lowest BCUT2D eigenvalue weighted by molar-refractivity contribution is 0.202. The summed E-state index contributed by atoms with van der Waals surface area (Å²) in [6.07, 6.45) is 0. The summed E-state index contributed by atoms with van der Waals surface area (Å²) in [7, 11) is 1.67. The third kappa shape index (κ3) is 6.49. The van der Waals surface area contributed by atoms with Crippen LogP contribution >= 0.6 is 23.4 Å². The van der Waals surface area contributed by atoms with Crippen molar-refractivity contribution in [2.45, 2.75) is 12.3 Å². The van der Waals surface area contributed by atoms with E-state index in [0.29, 0.717) is 6.61 Å². The fourth-order valence-corrected chi connectivity index (χ4v) is 1.46. The molecule has 56 valence electrons. The van der Waals surface area contributed by atoms with E-state index in [2.05, 4.69) is 6.92 Å². The Morgan fingerprint density at radius 3 is 2.78 bits per heavy atom. The van der Waals surface area contributed by atoms with Gasteiger partial charge in [0.2, 0.25) is 0 Å². The summed E-state index contributed by atoms with van der Waals surface area (Å²) in [5.41, 5.74) is 0. The van der Waals surface area contributed by atoms with E-state index in [9.17, 15) is 0 Å². The van der Waals surface area contributed by atoms with Crippen LogP contribution in [0, 0.1) is 0 Å². The van der Waals surface area contributed by atoms with Gasteiger partial charge in [0.15, 0.2) is 0 Å². The quantitative estimate of drug-likeness (QED) is 0.581. The van der Waals surface area contributed by atoms with Crippen molar-refractivity contribution in [1.82, 2.24) is 0 Å². The van der Waals surface area contributed by atoms with E-state index < -0.39 is 0 Å². The number of alkyl halides is 1. The average Bonchev–Trinajstić information content (AvgIpc) is 1.85. The maximum Gasteiger partial charge on any atom is 0.0659 e. The highest BCUT2D eigenvalue weighted by molar-refractivity contribution is 7.99. The van der Waals surface area contributed by atoms with Crippen LogP contribution in [0.4, 0.5) is 0 Å². The van der Waals surface area contributed by atoms with Crippen molar-refractivity contribution in [2.75, 3.05) is 25.2 Å². The largest absolute Gasteiger partial charge is 0.383 e. The standard InChI is InChI=1S/C6H13ClOS/c1-3-9-5-6(7)4-8-2/h6H,3-5H2,1-2H3. The Labute approximate surface area is 66.1 Å². The monoisotopic (exact) mass is 168 g/mol. The highest BCUT2D eigenvalue weighted by atomic mass is 35.5. The zero-order valence-electron chi connectivity index (χ0n) is 5.89. The first-order chi connectivity index (χ1) is 4.31. The molecule has 0 aliphatic carbocycles. The van der Waals surface area contributed by atoms with Crippen molar-refractivity contribution in [1.29, 1.82) is 0 Å². The van der Waals surface area contributed by atoms with Gasteiger partial charge in [0, 0.05) is 12.9 Å². The summed E-state index contributed by atoms with van der Waals surface area (Å²) in [6.45, 7) is 2.79. The number of ether oxygens (including phenoxy) is 1. The Morgan fingerprint density at radius 2 is 2.33 bits per heavy atom. The van der Waals surface area contributed by atoms with Gasteiger partial charge in [0.1, 0.15) is 0 Å². The number of rotatable bonds is 5. The lowest BCUT2D eigenvalue weighted by Gasteiger charge is -2.05. The highest BCUT2D eigenvalue weighted by Crippen LogP contribution is 2.06. The van der Waals surface area contributed by atoms with E-state index in [1.165, 1.54) is 0 Å². The molecule has 0 rings (SSSR count). The topological polar surface area (TPSA) is 9.23 Å². The number of halogens is 1. The van der Waals surface area contributed by atoms with Gasteiger partial charge in [-0.05, 0) is 5.75 Å². The summed E-state index contributed by atoms with van der Waals surface area (Å²) < 4.78 is 4.86. The number of hydrogen-bond acceptors (Lipinski definition) is 2. The number of thioether (sulfide) groups is 1. The van der Waals surface area contributed by atoms with Gasteiger partial charge < -0.3 is 4.74 Å². The van der Waals surface area contributed by atoms with Crippen LogP contribution in [0.2, 0.25) is 0 Å². The van der Waals surface area contributed by atoms with Crippen molar-refractivity contribution < 1.29 is 4.74 Å². The van der Waals surface area contributed by atoms with Gasteiger partial charge in [0.05, 0.1) is 12.0 Å². The maximum absolute atomic E-state index is 5.81. The van der Waals surface area contributed by atoms with E-state index in [1.807, 2.05) is 11.8 Å². The zero-order valence-corrected chi connectivity index (χ0v) is 7.47. The summed E-state index contributed by atoms with van der Waals surface area (Å²) in [5, 5.41) is 0.181. The molecule has 0 aromatic rings. The normalized spacial score (nSPS) is 13.7. The van der Waals surface area contributed by atoms with Gasteiger partial charge in [-0.15, -0.1) is 11.6 Å². The molecule has 0 aromatic heterocycles. The van der Waals surface area contributed by atoms with Gasteiger partial charge in [-0.2, -0.15) is 11.8 Å². The van der Waals surface area contributed by atoms with E-state index >= 15 is 0 Å². The van der Waals surface area contributed by atoms with Crippen molar-refractivity contribution in [3.8, 4) is 0 Å². The van der Waals surface area contributed by atoms with Crippen LogP contribution in [0.15, 0.2) is 0 Å². The Bertz CT molecular complexity index is 61.0. The molecule has 3 heteroatoms. The van der Waals surface area contributed by atoms with E-state index in [4.69, 9.17) is 16.3 Å². The second kappa shape index (κ2) is 6.72. The molecule has 1 atom stereocenters. The van der Waals surface area contributed by atoms with Crippen molar-refractivity contribution >= 4 is 23.4 Å². The predicted molar refractivity (Wildman–Crippen MR) is 44.5 cm³/mol. The molecular weight excluding hydrogens is 156 g/mol. The van der Waals surface area contributed by atoms with E-state index in [0.717, 1.165) is 11.5 Å². The van der Waals surface area contributed by atoms with E-state index in [-0.39, 0.29) is 5.38 Å². The van der Waals surface area contributed by atoms with Gasteiger partial charge >= 0.3 is 0 Å². The molecule has 9 heavy (non-hydrogen) atoms. The fourth-order valence-electron chi connectivity index (χ4n) is 0.475. The van der Waals surface area contributed by atoms with Crippen LogP contribution < -0.4 is 0 Å². The van der Waals surface area contributed by atoms with Crippen LogP contribution in [0.3, 0.4) is 0 Å². The number of methoxy groups -OCH3 is 1. The second-order valence-electron chi connectivity index (χ2n) is 1.71. The predicted octanol–water partition coefficient (Wildman–Crippen LogP) is 1.99. The molecule has 0 radical (unpaired) electrons. The lowest BCUT2D eigenvalue weighted by Crippen LogP contribution is -2.09. The van der Waals surface area contributed by atoms with Gasteiger partial charge in [-0.25, -0.2) is 0 Å². The Hall–Kier alpha value is 0.600. The highest BCUT2D eigenvalue weighted by Gasteiger charge is 2.01. The van der Waals surface area contributed by atoms with Gasteiger partial charge in [0.25, 0.3) is 0 Å². The summed E-state index contributed by atoms with van der Waals surface area (Å²) in [4.78, 5) is 0. The third-order valence-electron chi connectivity index (χ3n) is 0.850. The first kappa shape index (κ1) is 9.60. The average molecular weight is 169 g/mol. The minimum Gasteiger partial charge on any atom is -0.383 e. The molecule has 0 saturated heterocycles. The lowest BCUT2D eigenvalue weighted by atomic mass is 10.5. The fraction of sp³-hybridized carbons (Fsp3) is 1.00. The zero-order chi connectivity index (χ0) is 7.11. The van der Waals surface area contributed by atoms with Crippen LogP contribution in [-0.4, -0.2) is 30.6 Å². The number of hydrogen-bond donors (Lipinski definition) is 0. The SMILES string of the molecule is CCSCC(Cl)COC. The maximum atomic E-state index is 5.81. The molecule has 0 aliphatic rings. The molecular formula is C6H13ClOS. The van der Waals surface area contributed by atoms with Gasteiger partial charge in [-0.1, -0.05) is 6.92 Å². The van der Waals surface area contributed by atoms with Crippen molar-refractivity contribution in [2.24, 2.45) is 0 Å². The van der Waals surface area contributed by atoms with Crippen LogP contribution in [0.1, 0.15) is 6.92 Å². The van der Waals surface area contributed by atoms with Gasteiger partial charge in [-0.3, -0.25) is 0 Å². The van der Waals surface area contributed by atoms with Crippen LogP contribution in [-0.2, 0) is 4.74 Å².